The van der Waals surface area contributed by atoms with E-state index in [4.69, 9.17) is 9.52 Å². The average molecular weight is 293 g/mol. The van der Waals surface area contributed by atoms with Gasteiger partial charge in [-0.2, -0.15) is 0 Å². The molecule has 116 valence electrons. The minimum atomic E-state index is -1.20. The van der Waals surface area contributed by atoms with Crippen LogP contribution in [0.1, 0.15) is 51.1 Å². The minimum absolute atomic E-state index is 0.194. The highest BCUT2D eigenvalue weighted by Gasteiger charge is 2.37. The number of furan rings is 1. The van der Waals surface area contributed by atoms with Crippen molar-refractivity contribution in [3.05, 3.63) is 23.7 Å². The molecule has 0 aromatic carbocycles. The van der Waals surface area contributed by atoms with Gasteiger partial charge in [0, 0.05) is 25.8 Å². The summed E-state index contributed by atoms with van der Waals surface area (Å²) < 4.78 is 5.75. The molecular weight excluding hydrogens is 270 g/mol. The molecule has 1 aliphatic carbocycles. The largest absolute Gasteiger partial charge is 0.480 e. The lowest BCUT2D eigenvalue weighted by Gasteiger charge is -2.31. The number of carboxylic acids is 1. The van der Waals surface area contributed by atoms with Crippen molar-refractivity contribution in [1.82, 2.24) is 4.90 Å². The number of hydrogen-bond acceptors (Lipinski definition) is 3. The molecule has 0 radical (unpaired) electrons. The summed E-state index contributed by atoms with van der Waals surface area (Å²) in [5, 5.41) is 9.13. The zero-order valence-corrected chi connectivity index (χ0v) is 13.0. The van der Waals surface area contributed by atoms with Gasteiger partial charge in [0.25, 0.3) is 0 Å². The SMILES string of the molecule is CC1CC1c1ccc(CCC(=O)N(C)C(C)(C)C(=O)O)o1. The molecule has 1 aliphatic rings. The summed E-state index contributed by atoms with van der Waals surface area (Å²) in [7, 11) is 1.52. The number of carboxylic acid groups (broad SMARTS) is 1. The van der Waals surface area contributed by atoms with E-state index in [0.717, 1.165) is 11.5 Å². The molecule has 1 heterocycles. The Bertz CT molecular complexity index is 546. The number of carbonyl (C=O) groups excluding carboxylic acids is 1. The highest BCUT2D eigenvalue weighted by atomic mass is 16.4. The summed E-state index contributed by atoms with van der Waals surface area (Å²) in [5.41, 5.74) is -1.20. The van der Waals surface area contributed by atoms with Gasteiger partial charge < -0.3 is 14.4 Å². The number of hydrogen-bond donors (Lipinski definition) is 1. The molecule has 5 nitrogen and oxygen atoms in total. The Morgan fingerprint density at radius 2 is 2.05 bits per heavy atom. The third-order valence-electron chi connectivity index (χ3n) is 4.48. The van der Waals surface area contributed by atoms with Crippen LogP contribution in [0.25, 0.3) is 0 Å². The van der Waals surface area contributed by atoms with E-state index in [-0.39, 0.29) is 12.3 Å². The molecule has 21 heavy (non-hydrogen) atoms. The lowest BCUT2D eigenvalue weighted by atomic mass is 10.0. The quantitative estimate of drug-likeness (QED) is 0.875. The molecule has 0 spiro atoms. The standard InChI is InChI=1S/C16H23NO4/c1-10-9-12(10)13-7-5-11(21-13)6-8-14(18)17(4)16(2,3)15(19)20/h5,7,10,12H,6,8-9H2,1-4H3,(H,19,20). The predicted molar refractivity (Wildman–Crippen MR) is 78.0 cm³/mol. The summed E-state index contributed by atoms with van der Waals surface area (Å²) in [6.45, 7) is 5.23. The molecule has 1 saturated carbocycles. The predicted octanol–water partition coefficient (Wildman–Crippen LogP) is 2.66. The summed E-state index contributed by atoms with van der Waals surface area (Å²) >= 11 is 0. The Morgan fingerprint density at radius 1 is 1.43 bits per heavy atom. The van der Waals surface area contributed by atoms with Crippen molar-refractivity contribution in [3.63, 3.8) is 0 Å². The van der Waals surface area contributed by atoms with Gasteiger partial charge in [0.05, 0.1) is 0 Å². The fraction of sp³-hybridized carbons (Fsp3) is 0.625. The molecule has 5 heteroatoms. The molecule has 0 bridgehead atoms. The van der Waals surface area contributed by atoms with Crippen LogP contribution in [-0.4, -0.2) is 34.5 Å². The Hall–Kier alpha value is -1.78. The van der Waals surface area contributed by atoms with Crippen LogP contribution in [-0.2, 0) is 16.0 Å². The Labute approximate surface area is 124 Å². The first kappa shape index (κ1) is 15.6. The van der Waals surface area contributed by atoms with Crippen molar-refractivity contribution >= 4 is 11.9 Å². The topological polar surface area (TPSA) is 70.8 Å². The highest BCUT2D eigenvalue weighted by Crippen LogP contribution is 2.47. The average Bonchev–Trinajstić information content (AvgIpc) is 2.97. The number of amides is 1. The molecule has 2 rings (SSSR count). The number of carbonyl (C=O) groups is 2. The summed E-state index contributed by atoms with van der Waals surface area (Å²) in [5.74, 6) is 1.81. The van der Waals surface area contributed by atoms with Gasteiger partial charge in [-0.3, -0.25) is 4.79 Å². The molecule has 1 fully saturated rings. The Kier molecular flexibility index (Phi) is 4.12. The van der Waals surface area contributed by atoms with E-state index >= 15 is 0 Å². The first-order chi connectivity index (χ1) is 9.73. The maximum atomic E-state index is 12.1. The first-order valence-electron chi connectivity index (χ1n) is 7.32. The van der Waals surface area contributed by atoms with Crippen molar-refractivity contribution in [3.8, 4) is 0 Å². The zero-order chi connectivity index (χ0) is 15.8. The van der Waals surface area contributed by atoms with E-state index in [2.05, 4.69) is 6.92 Å². The van der Waals surface area contributed by atoms with Gasteiger partial charge in [0.1, 0.15) is 17.1 Å². The van der Waals surface area contributed by atoms with Gasteiger partial charge in [-0.25, -0.2) is 4.79 Å². The molecule has 0 aliphatic heterocycles. The van der Waals surface area contributed by atoms with Crippen molar-refractivity contribution < 1.29 is 19.1 Å². The number of aliphatic carboxylic acids is 1. The monoisotopic (exact) mass is 293 g/mol. The molecule has 2 atom stereocenters. The molecule has 0 saturated heterocycles. The van der Waals surface area contributed by atoms with Crippen LogP contribution >= 0.6 is 0 Å². The maximum Gasteiger partial charge on any atom is 0.329 e. The Morgan fingerprint density at radius 3 is 2.57 bits per heavy atom. The van der Waals surface area contributed by atoms with Crippen molar-refractivity contribution in [1.29, 1.82) is 0 Å². The van der Waals surface area contributed by atoms with Crippen LogP contribution in [0.5, 0.6) is 0 Å². The zero-order valence-electron chi connectivity index (χ0n) is 13.0. The number of rotatable bonds is 6. The van der Waals surface area contributed by atoms with Crippen LogP contribution in [0, 0.1) is 5.92 Å². The fourth-order valence-electron chi connectivity index (χ4n) is 2.30. The minimum Gasteiger partial charge on any atom is -0.480 e. The van der Waals surface area contributed by atoms with Crippen LogP contribution in [0.4, 0.5) is 0 Å². The number of aryl methyl sites for hydroxylation is 1. The van der Waals surface area contributed by atoms with Crippen LogP contribution < -0.4 is 0 Å². The second-order valence-corrected chi connectivity index (χ2v) is 6.44. The van der Waals surface area contributed by atoms with Crippen molar-refractivity contribution in [2.24, 2.45) is 5.92 Å². The highest BCUT2D eigenvalue weighted by molar-refractivity contribution is 5.86. The first-order valence-corrected chi connectivity index (χ1v) is 7.32. The van der Waals surface area contributed by atoms with E-state index in [1.807, 2.05) is 12.1 Å². The van der Waals surface area contributed by atoms with E-state index in [0.29, 0.717) is 18.3 Å². The Balaban J connectivity index is 1.89. The van der Waals surface area contributed by atoms with Gasteiger partial charge in [-0.05, 0) is 38.3 Å². The molecule has 1 amide bonds. The lowest BCUT2D eigenvalue weighted by Crippen LogP contribution is -2.50. The van der Waals surface area contributed by atoms with E-state index in [1.54, 1.807) is 0 Å². The number of likely N-dealkylation sites (N-methyl/N-ethyl adjacent to an activating group) is 1. The maximum absolute atomic E-state index is 12.1. The van der Waals surface area contributed by atoms with E-state index in [9.17, 15) is 9.59 Å². The van der Waals surface area contributed by atoms with Gasteiger partial charge in [-0.15, -0.1) is 0 Å². The summed E-state index contributed by atoms with van der Waals surface area (Å²) in [6.07, 6.45) is 1.92. The fourth-order valence-corrected chi connectivity index (χ4v) is 2.30. The molecule has 1 aromatic rings. The van der Waals surface area contributed by atoms with Crippen LogP contribution in [0.15, 0.2) is 16.5 Å². The normalized spacial score (nSPS) is 21.1. The summed E-state index contributed by atoms with van der Waals surface area (Å²) in [6, 6.07) is 3.90. The molecular formula is C16H23NO4. The third kappa shape index (κ3) is 3.28. The van der Waals surface area contributed by atoms with Crippen LogP contribution in [0.3, 0.4) is 0 Å². The smallest absolute Gasteiger partial charge is 0.329 e. The lowest BCUT2D eigenvalue weighted by molar-refractivity contribution is -0.155. The second kappa shape index (κ2) is 5.54. The van der Waals surface area contributed by atoms with Crippen molar-refractivity contribution in [2.45, 2.75) is 51.5 Å². The van der Waals surface area contributed by atoms with Gasteiger partial charge >= 0.3 is 5.97 Å². The molecule has 2 unspecified atom stereocenters. The van der Waals surface area contributed by atoms with Crippen molar-refractivity contribution in [2.75, 3.05) is 7.05 Å². The third-order valence-corrected chi connectivity index (χ3v) is 4.48. The second-order valence-electron chi connectivity index (χ2n) is 6.44. The van der Waals surface area contributed by atoms with Gasteiger partial charge in [0.2, 0.25) is 5.91 Å². The van der Waals surface area contributed by atoms with E-state index < -0.39 is 11.5 Å². The van der Waals surface area contributed by atoms with E-state index in [1.165, 1.54) is 32.2 Å². The molecule has 1 aromatic heterocycles. The summed E-state index contributed by atoms with van der Waals surface area (Å²) in [4.78, 5) is 24.5. The van der Waals surface area contributed by atoms with Gasteiger partial charge in [0.15, 0.2) is 0 Å². The number of nitrogens with zero attached hydrogens (tertiary/aromatic N) is 1. The van der Waals surface area contributed by atoms with Gasteiger partial charge in [-0.1, -0.05) is 6.92 Å². The molecule has 1 N–H and O–H groups in total. The van der Waals surface area contributed by atoms with Crippen LogP contribution in [0.2, 0.25) is 0 Å².